The SMILES string of the molecule is O=C(Cc1ncn[nH]1)N1CCCC1CN1CCc2ccccc2C1. The van der Waals surface area contributed by atoms with Crippen molar-refractivity contribution in [3.63, 3.8) is 0 Å². The Morgan fingerprint density at radius 1 is 1.25 bits per heavy atom. The molecule has 1 aromatic heterocycles. The summed E-state index contributed by atoms with van der Waals surface area (Å²) < 4.78 is 0. The highest BCUT2D eigenvalue weighted by Crippen LogP contribution is 2.23. The van der Waals surface area contributed by atoms with Gasteiger partial charge in [0.15, 0.2) is 0 Å². The van der Waals surface area contributed by atoms with Crippen molar-refractivity contribution in [2.75, 3.05) is 19.6 Å². The van der Waals surface area contributed by atoms with Crippen molar-refractivity contribution in [1.29, 1.82) is 0 Å². The van der Waals surface area contributed by atoms with Gasteiger partial charge in [0.1, 0.15) is 12.2 Å². The zero-order chi connectivity index (χ0) is 16.4. The molecule has 6 heteroatoms. The molecule has 1 unspecified atom stereocenters. The van der Waals surface area contributed by atoms with Gasteiger partial charge in [-0.2, -0.15) is 5.10 Å². The highest BCUT2D eigenvalue weighted by Gasteiger charge is 2.31. The summed E-state index contributed by atoms with van der Waals surface area (Å²) in [6.45, 7) is 3.91. The number of nitrogens with zero attached hydrogens (tertiary/aromatic N) is 4. The highest BCUT2D eigenvalue weighted by molar-refractivity contribution is 5.78. The molecule has 1 amide bonds. The quantitative estimate of drug-likeness (QED) is 0.923. The van der Waals surface area contributed by atoms with Crippen molar-refractivity contribution in [3.05, 3.63) is 47.5 Å². The molecule has 1 fully saturated rings. The van der Waals surface area contributed by atoms with Crippen molar-refractivity contribution < 1.29 is 4.79 Å². The number of carbonyl (C=O) groups excluding carboxylic acids is 1. The van der Waals surface area contributed by atoms with Crippen LogP contribution in [0.3, 0.4) is 0 Å². The lowest BCUT2D eigenvalue weighted by Gasteiger charge is -2.34. The molecular weight excluding hydrogens is 302 g/mol. The van der Waals surface area contributed by atoms with Gasteiger partial charge >= 0.3 is 0 Å². The largest absolute Gasteiger partial charge is 0.338 e. The molecule has 0 spiro atoms. The smallest absolute Gasteiger partial charge is 0.230 e. The van der Waals surface area contributed by atoms with Gasteiger partial charge in [-0.3, -0.25) is 14.8 Å². The summed E-state index contributed by atoms with van der Waals surface area (Å²) in [5.41, 5.74) is 2.90. The van der Waals surface area contributed by atoms with Crippen molar-refractivity contribution in [1.82, 2.24) is 25.0 Å². The van der Waals surface area contributed by atoms with Crippen molar-refractivity contribution >= 4 is 5.91 Å². The zero-order valence-corrected chi connectivity index (χ0v) is 13.8. The Morgan fingerprint density at radius 3 is 2.96 bits per heavy atom. The minimum Gasteiger partial charge on any atom is -0.338 e. The fourth-order valence-electron chi connectivity index (χ4n) is 3.92. The van der Waals surface area contributed by atoms with E-state index < -0.39 is 0 Å². The molecule has 1 N–H and O–H groups in total. The van der Waals surface area contributed by atoms with Gasteiger partial charge in [0.05, 0.1) is 6.42 Å². The molecule has 4 rings (SSSR count). The van der Waals surface area contributed by atoms with Crippen LogP contribution in [0.4, 0.5) is 0 Å². The maximum Gasteiger partial charge on any atom is 0.230 e. The summed E-state index contributed by atoms with van der Waals surface area (Å²) in [7, 11) is 0. The number of hydrogen-bond donors (Lipinski definition) is 1. The number of likely N-dealkylation sites (tertiary alicyclic amines) is 1. The Balaban J connectivity index is 1.38. The lowest BCUT2D eigenvalue weighted by atomic mass is 9.99. The first-order chi connectivity index (χ1) is 11.8. The van der Waals surface area contributed by atoms with Gasteiger partial charge in [0.2, 0.25) is 5.91 Å². The summed E-state index contributed by atoms with van der Waals surface area (Å²) in [5.74, 6) is 0.809. The van der Waals surface area contributed by atoms with Crippen LogP contribution >= 0.6 is 0 Å². The third-order valence-corrected chi connectivity index (χ3v) is 5.16. The van der Waals surface area contributed by atoms with E-state index in [1.807, 2.05) is 4.90 Å². The predicted molar refractivity (Wildman–Crippen MR) is 90.2 cm³/mol. The summed E-state index contributed by atoms with van der Waals surface area (Å²) in [6, 6.07) is 9.02. The number of aromatic amines is 1. The van der Waals surface area contributed by atoms with E-state index in [-0.39, 0.29) is 5.91 Å². The molecule has 0 saturated carbocycles. The molecular formula is C18H23N5O. The maximum atomic E-state index is 12.6. The molecule has 1 saturated heterocycles. The summed E-state index contributed by atoms with van der Waals surface area (Å²) in [4.78, 5) is 21.2. The van der Waals surface area contributed by atoms with Gasteiger partial charge in [0, 0.05) is 32.2 Å². The van der Waals surface area contributed by atoms with Crippen molar-refractivity contribution in [2.45, 2.75) is 38.3 Å². The van der Waals surface area contributed by atoms with Crippen LogP contribution in [0, 0.1) is 0 Å². The van der Waals surface area contributed by atoms with Crippen LogP contribution in [0.1, 0.15) is 29.8 Å². The lowest BCUT2D eigenvalue weighted by molar-refractivity contribution is -0.131. The van der Waals surface area contributed by atoms with Crippen molar-refractivity contribution in [2.24, 2.45) is 0 Å². The van der Waals surface area contributed by atoms with Gasteiger partial charge in [-0.1, -0.05) is 24.3 Å². The number of benzene rings is 1. The number of fused-ring (bicyclic) bond motifs is 1. The van der Waals surface area contributed by atoms with Crippen LogP contribution in [0.25, 0.3) is 0 Å². The summed E-state index contributed by atoms with van der Waals surface area (Å²) in [5, 5.41) is 6.60. The minimum atomic E-state index is 0.159. The van der Waals surface area contributed by atoms with Gasteiger partial charge in [-0.15, -0.1) is 0 Å². The van der Waals surface area contributed by atoms with E-state index in [0.29, 0.717) is 18.3 Å². The van der Waals surface area contributed by atoms with E-state index in [2.05, 4.69) is 44.3 Å². The first-order valence-electron chi connectivity index (χ1n) is 8.72. The lowest BCUT2D eigenvalue weighted by Crippen LogP contribution is -2.45. The molecule has 2 aliphatic heterocycles. The Labute approximate surface area is 141 Å². The van der Waals surface area contributed by atoms with E-state index in [1.54, 1.807) is 0 Å². The Hall–Kier alpha value is -2.21. The second kappa shape index (κ2) is 6.73. The van der Waals surface area contributed by atoms with E-state index in [9.17, 15) is 4.79 Å². The summed E-state index contributed by atoms with van der Waals surface area (Å²) in [6.07, 6.45) is 5.07. The van der Waals surface area contributed by atoms with Gasteiger partial charge in [0.25, 0.3) is 0 Å². The monoisotopic (exact) mass is 325 g/mol. The molecule has 0 radical (unpaired) electrons. The van der Waals surface area contributed by atoms with Crippen LogP contribution in [0.5, 0.6) is 0 Å². The average Bonchev–Trinajstić information content (AvgIpc) is 3.26. The van der Waals surface area contributed by atoms with Gasteiger partial charge in [-0.05, 0) is 30.4 Å². The molecule has 0 aliphatic carbocycles. The zero-order valence-electron chi connectivity index (χ0n) is 13.8. The van der Waals surface area contributed by atoms with Crippen LogP contribution in [-0.4, -0.2) is 56.6 Å². The highest BCUT2D eigenvalue weighted by atomic mass is 16.2. The third kappa shape index (κ3) is 3.19. The molecule has 3 heterocycles. The second-order valence-electron chi connectivity index (χ2n) is 6.75. The molecule has 1 aromatic carbocycles. The van der Waals surface area contributed by atoms with E-state index in [4.69, 9.17) is 0 Å². The number of nitrogens with one attached hydrogen (secondary N) is 1. The number of aromatic nitrogens is 3. The second-order valence-corrected chi connectivity index (χ2v) is 6.75. The molecule has 126 valence electrons. The van der Waals surface area contributed by atoms with E-state index >= 15 is 0 Å². The third-order valence-electron chi connectivity index (χ3n) is 5.16. The summed E-state index contributed by atoms with van der Waals surface area (Å²) >= 11 is 0. The molecule has 2 aliphatic rings. The number of amides is 1. The fraction of sp³-hybridized carbons (Fsp3) is 0.500. The van der Waals surface area contributed by atoms with Crippen LogP contribution in [-0.2, 0) is 24.2 Å². The maximum absolute atomic E-state index is 12.6. The van der Waals surface area contributed by atoms with Gasteiger partial charge in [-0.25, -0.2) is 4.98 Å². The van der Waals surface area contributed by atoms with Crippen LogP contribution in [0.15, 0.2) is 30.6 Å². The Morgan fingerprint density at radius 2 is 2.12 bits per heavy atom. The average molecular weight is 325 g/mol. The minimum absolute atomic E-state index is 0.159. The molecule has 24 heavy (non-hydrogen) atoms. The molecule has 0 bridgehead atoms. The van der Waals surface area contributed by atoms with Crippen LogP contribution in [0.2, 0.25) is 0 Å². The molecule has 6 nitrogen and oxygen atoms in total. The van der Waals surface area contributed by atoms with Crippen molar-refractivity contribution in [3.8, 4) is 0 Å². The van der Waals surface area contributed by atoms with E-state index in [1.165, 1.54) is 17.5 Å². The molecule has 2 aromatic rings. The standard InChI is InChI=1S/C18H23N5O/c24-18(10-17-19-13-20-21-17)23-8-3-6-16(23)12-22-9-7-14-4-1-2-5-15(14)11-22/h1-2,4-5,13,16H,3,6-12H2,(H,19,20,21). The fourth-order valence-corrected chi connectivity index (χ4v) is 3.92. The van der Waals surface area contributed by atoms with Crippen LogP contribution < -0.4 is 0 Å². The number of H-pyrrole nitrogens is 1. The Kier molecular flexibility index (Phi) is 4.30. The molecule has 1 atom stereocenters. The predicted octanol–water partition coefficient (Wildman–Crippen LogP) is 1.40. The topological polar surface area (TPSA) is 65.1 Å². The van der Waals surface area contributed by atoms with E-state index in [0.717, 1.165) is 45.4 Å². The first-order valence-corrected chi connectivity index (χ1v) is 8.72. The number of hydrogen-bond acceptors (Lipinski definition) is 4. The van der Waals surface area contributed by atoms with Gasteiger partial charge < -0.3 is 4.90 Å². The Bertz CT molecular complexity index is 699. The number of carbonyl (C=O) groups is 1. The first kappa shape index (κ1) is 15.3. The normalized spacial score (nSPS) is 21.0. The number of rotatable bonds is 4.